The van der Waals surface area contributed by atoms with E-state index in [0.29, 0.717) is 25.3 Å². The molecule has 0 unspecified atom stereocenters. The molecule has 3 rings (SSSR count). The van der Waals surface area contributed by atoms with E-state index in [9.17, 15) is 13.2 Å². The molecular formula is C23H26N2O4S. The molecule has 30 heavy (non-hydrogen) atoms. The monoisotopic (exact) mass is 426 g/mol. The van der Waals surface area contributed by atoms with Crippen LogP contribution in [0.2, 0.25) is 0 Å². The van der Waals surface area contributed by atoms with Gasteiger partial charge >= 0.3 is 0 Å². The van der Waals surface area contributed by atoms with Crippen LogP contribution in [-0.2, 0) is 14.8 Å². The first-order valence-electron chi connectivity index (χ1n) is 9.84. The number of nitrogens with one attached hydrogen (secondary N) is 1. The summed E-state index contributed by atoms with van der Waals surface area (Å²) >= 11 is 0. The van der Waals surface area contributed by atoms with Gasteiger partial charge in [0, 0.05) is 13.0 Å². The quantitative estimate of drug-likeness (QED) is 0.503. The molecule has 0 spiro atoms. The van der Waals surface area contributed by atoms with Crippen LogP contribution in [0.1, 0.15) is 12.8 Å². The van der Waals surface area contributed by atoms with Gasteiger partial charge < -0.3 is 10.1 Å². The summed E-state index contributed by atoms with van der Waals surface area (Å²) in [5, 5.41) is 4.82. The molecule has 0 saturated carbocycles. The third-order valence-corrected chi connectivity index (χ3v) is 5.82. The molecular weight excluding hydrogens is 400 g/mol. The molecule has 0 fully saturated rings. The molecule has 3 aromatic rings. The van der Waals surface area contributed by atoms with Gasteiger partial charge in [-0.15, -0.1) is 0 Å². The fourth-order valence-corrected chi connectivity index (χ4v) is 4.12. The van der Waals surface area contributed by atoms with Crippen molar-refractivity contribution in [3.05, 3.63) is 72.8 Å². The van der Waals surface area contributed by atoms with Crippen LogP contribution in [-0.4, -0.2) is 40.3 Å². The predicted molar refractivity (Wildman–Crippen MR) is 120 cm³/mol. The second-order valence-electron chi connectivity index (χ2n) is 6.98. The summed E-state index contributed by atoms with van der Waals surface area (Å²) < 4.78 is 31.5. The average Bonchev–Trinajstić information content (AvgIpc) is 2.74. The first kappa shape index (κ1) is 21.6. The summed E-state index contributed by atoms with van der Waals surface area (Å²) in [6.07, 6.45) is 1.85. The van der Waals surface area contributed by atoms with Crippen LogP contribution in [0.5, 0.6) is 5.75 Å². The number of para-hydroxylation sites is 1. The van der Waals surface area contributed by atoms with Crippen molar-refractivity contribution in [3.63, 3.8) is 0 Å². The number of hydrogen-bond acceptors (Lipinski definition) is 4. The average molecular weight is 427 g/mol. The maximum Gasteiger partial charge on any atom is 0.232 e. The fraction of sp³-hybridized carbons (Fsp3) is 0.261. The second kappa shape index (κ2) is 10.1. The van der Waals surface area contributed by atoms with E-state index in [2.05, 4.69) is 5.32 Å². The minimum atomic E-state index is -3.45. The molecule has 158 valence electrons. The van der Waals surface area contributed by atoms with E-state index in [0.717, 1.165) is 16.5 Å². The molecule has 6 nitrogen and oxygen atoms in total. The molecule has 1 N–H and O–H groups in total. The van der Waals surface area contributed by atoms with Gasteiger partial charge in [-0.05, 0) is 41.5 Å². The van der Waals surface area contributed by atoms with Gasteiger partial charge in [0.2, 0.25) is 15.9 Å². The topological polar surface area (TPSA) is 75.7 Å². The van der Waals surface area contributed by atoms with Gasteiger partial charge in [-0.2, -0.15) is 0 Å². The lowest BCUT2D eigenvalue weighted by atomic mass is 10.1. The van der Waals surface area contributed by atoms with Crippen molar-refractivity contribution in [2.24, 2.45) is 0 Å². The number of amides is 1. The number of ether oxygens (including phenoxy) is 1. The minimum Gasteiger partial charge on any atom is -0.492 e. The maximum absolute atomic E-state index is 12.3. The second-order valence-corrected chi connectivity index (χ2v) is 8.89. The largest absolute Gasteiger partial charge is 0.492 e. The van der Waals surface area contributed by atoms with Gasteiger partial charge in [0.05, 0.1) is 18.5 Å². The van der Waals surface area contributed by atoms with E-state index in [4.69, 9.17) is 4.74 Å². The van der Waals surface area contributed by atoms with Crippen molar-refractivity contribution >= 4 is 32.4 Å². The number of sulfonamides is 1. The smallest absolute Gasteiger partial charge is 0.232 e. The Morgan fingerprint density at radius 1 is 0.967 bits per heavy atom. The summed E-state index contributed by atoms with van der Waals surface area (Å²) in [7, 11) is -3.45. The predicted octanol–water partition coefficient (Wildman–Crippen LogP) is 3.58. The third-order valence-electron chi connectivity index (χ3n) is 4.62. The van der Waals surface area contributed by atoms with Crippen molar-refractivity contribution in [1.29, 1.82) is 0 Å². The molecule has 7 heteroatoms. The van der Waals surface area contributed by atoms with E-state index in [1.807, 2.05) is 66.7 Å². The highest BCUT2D eigenvalue weighted by molar-refractivity contribution is 7.92. The SMILES string of the molecule is CS(=O)(=O)N(CCCC(=O)NCCOc1ccccc1)c1ccc2ccccc2c1. The summed E-state index contributed by atoms with van der Waals surface area (Å²) in [6, 6.07) is 22.7. The van der Waals surface area contributed by atoms with Crippen molar-refractivity contribution in [1.82, 2.24) is 5.32 Å². The molecule has 0 bridgehead atoms. The number of nitrogens with zero attached hydrogens (tertiary/aromatic N) is 1. The zero-order chi connectivity index (χ0) is 21.4. The van der Waals surface area contributed by atoms with E-state index in [-0.39, 0.29) is 18.9 Å². The van der Waals surface area contributed by atoms with Gasteiger partial charge in [0.15, 0.2) is 0 Å². The van der Waals surface area contributed by atoms with Crippen molar-refractivity contribution in [3.8, 4) is 5.75 Å². The number of rotatable bonds is 10. The standard InChI is InChI=1S/C23H26N2O4S/c1-30(27,28)25(21-14-13-19-8-5-6-9-20(19)18-21)16-7-12-23(26)24-15-17-29-22-10-3-2-4-11-22/h2-6,8-11,13-14,18H,7,12,15-17H2,1H3,(H,24,26). The van der Waals surface area contributed by atoms with Gasteiger partial charge in [-0.1, -0.05) is 48.5 Å². The normalized spacial score (nSPS) is 11.2. The summed E-state index contributed by atoms with van der Waals surface area (Å²) in [6.45, 7) is 1.02. The number of carbonyl (C=O) groups excluding carboxylic acids is 1. The minimum absolute atomic E-state index is 0.126. The van der Waals surface area contributed by atoms with Gasteiger partial charge in [0.1, 0.15) is 12.4 Å². The molecule has 3 aromatic carbocycles. The van der Waals surface area contributed by atoms with E-state index in [1.54, 1.807) is 6.07 Å². The third kappa shape index (κ3) is 6.22. The lowest BCUT2D eigenvalue weighted by molar-refractivity contribution is -0.121. The molecule has 1 amide bonds. The Hall–Kier alpha value is -3.06. The summed E-state index contributed by atoms with van der Waals surface area (Å²) in [4.78, 5) is 12.1. The maximum atomic E-state index is 12.3. The van der Waals surface area contributed by atoms with E-state index < -0.39 is 10.0 Å². The van der Waals surface area contributed by atoms with E-state index in [1.165, 1.54) is 10.6 Å². The summed E-state index contributed by atoms with van der Waals surface area (Å²) in [5.74, 6) is 0.629. The van der Waals surface area contributed by atoms with Crippen LogP contribution in [0.3, 0.4) is 0 Å². The summed E-state index contributed by atoms with van der Waals surface area (Å²) in [5.41, 5.74) is 0.605. The first-order chi connectivity index (χ1) is 14.4. The zero-order valence-corrected chi connectivity index (χ0v) is 17.8. The Labute approximate surface area is 177 Å². The van der Waals surface area contributed by atoms with Crippen molar-refractivity contribution < 1.29 is 17.9 Å². The first-order valence-corrected chi connectivity index (χ1v) is 11.7. The number of anilines is 1. The molecule has 0 atom stereocenters. The molecule has 0 saturated heterocycles. The zero-order valence-electron chi connectivity index (χ0n) is 17.0. The molecule has 0 aliphatic heterocycles. The van der Waals surface area contributed by atoms with Gasteiger partial charge in [-0.25, -0.2) is 8.42 Å². The molecule has 0 heterocycles. The Kier molecular flexibility index (Phi) is 7.30. The number of hydrogen-bond donors (Lipinski definition) is 1. The Bertz CT molecular complexity index is 1080. The number of benzene rings is 3. The molecule has 0 aliphatic carbocycles. The Morgan fingerprint density at radius 2 is 1.67 bits per heavy atom. The van der Waals surface area contributed by atoms with Crippen molar-refractivity contribution in [2.45, 2.75) is 12.8 Å². The molecule has 0 radical (unpaired) electrons. The Balaban J connectivity index is 1.49. The number of fused-ring (bicyclic) bond motifs is 1. The fourth-order valence-electron chi connectivity index (χ4n) is 3.17. The highest BCUT2D eigenvalue weighted by Crippen LogP contribution is 2.24. The van der Waals surface area contributed by atoms with Gasteiger partial charge in [0.25, 0.3) is 0 Å². The molecule has 0 aromatic heterocycles. The van der Waals surface area contributed by atoms with Gasteiger partial charge in [-0.3, -0.25) is 9.10 Å². The van der Waals surface area contributed by atoms with E-state index >= 15 is 0 Å². The van der Waals surface area contributed by atoms with Crippen LogP contribution in [0.4, 0.5) is 5.69 Å². The lowest BCUT2D eigenvalue weighted by Crippen LogP contribution is -2.32. The van der Waals surface area contributed by atoms with Crippen molar-refractivity contribution in [2.75, 3.05) is 30.3 Å². The Morgan fingerprint density at radius 3 is 2.40 bits per heavy atom. The van der Waals surface area contributed by atoms with Crippen LogP contribution < -0.4 is 14.4 Å². The lowest BCUT2D eigenvalue weighted by Gasteiger charge is -2.22. The van der Waals surface area contributed by atoms with Crippen LogP contribution in [0.25, 0.3) is 10.8 Å². The van der Waals surface area contributed by atoms with Crippen LogP contribution in [0, 0.1) is 0 Å². The van der Waals surface area contributed by atoms with Crippen LogP contribution >= 0.6 is 0 Å². The highest BCUT2D eigenvalue weighted by atomic mass is 32.2. The molecule has 0 aliphatic rings. The van der Waals surface area contributed by atoms with Crippen LogP contribution in [0.15, 0.2) is 72.8 Å². The highest BCUT2D eigenvalue weighted by Gasteiger charge is 2.18. The number of carbonyl (C=O) groups is 1.